The third kappa shape index (κ3) is 8.72. The number of aliphatic hydroxyl groups excluding tert-OH is 1. The van der Waals surface area contributed by atoms with Gasteiger partial charge in [0.15, 0.2) is 6.29 Å². The molecule has 1 aromatic heterocycles. The van der Waals surface area contributed by atoms with Gasteiger partial charge in [-0.3, -0.25) is 14.5 Å². The number of alkyl carbamates (subject to hydrolysis) is 1. The number of benzene rings is 4. The van der Waals surface area contributed by atoms with Gasteiger partial charge in [-0.05, 0) is 45.5 Å². The van der Waals surface area contributed by atoms with Gasteiger partial charge in [0.2, 0.25) is 5.91 Å². The Bertz CT molecular complexity index is 2050. The second-order valence-corrected chi connectivity index (χ2v) is 14.4. The summed E-state index contributed by atoms with van der Waals surface area (Å²) in [6, 6.07) is 37.5. The molecular formula is C43H41N3O7S. The van der Waals surface area contributed by atoms with Crippen molar-refractivity contribution < 1.29 is 33.7 Å². The number of pyridine rings is 1. The Morgan fingerprint density at radius 1 is 0.870 bits per heavy atom. The number of nitrogens with zero attached hydrogens (tertiary/aromatic N) is 2. The predicted octanol–water partition coefficient (Wildman–Crippen LogP) is 7.38. The fourth-order valence-corrected chi connectivity index (χ4v) is 7.74. The summed E-state index contributed by atoms with van der Waals surface area (Å²) in [5.41, 5.74) is 6.07. The van der Waals surface area contributed by atoms with E-state index in [1.807, 2.05) is 121 Å². The molecule has 2 aliphatic heterocycles. The summed E-state index contributed by atoms with van der Waals surface area (Å²) in [5.74, 6) is -0.114. The van der Waals surface area contributed by atoms with Gasteiger partial charge in [-0.25, -0.2) is 9.78 Å². The summed E-state index contributed by atoms with van der Waals surface area (Å²) < 4.78 is 18.6. The second-order valence-electron chi connectivity index (χ2n) is 13.4. The summed E-state index contributed by atoms with van der Waals surface area (Å²) in [7, 11) is 0. The molecule has 0 radical (unpaired) electrons. The third-order valence-corrected chi connectivity index (χ3v) is 10.8. The molecule has 54 heavy (non-hydrogen) atoms. The van der Waals surface area contributed by atoms with Crippen molar-refractivity contribution in [2.45, 2.75) is 62.7 Å². The van der Waals surface area contributed by atoms with Crippen LogP contribution in [-0.2, 0) is 43.6 Å². The first-order valence-electron chi connectivity index (χ1n) is 17.9. The van der Waals surface area contributed by atoms with Crippen molar-refractivity contribution in [2.24, 2.45) is 5.92 Å². The van der Waals surface area contributed by atoms with Gasteiger partial charge < -0.3 is 24.6 Å². The van der Waals surface area contributed by atoms with Gasteiger partial charge in [0.25, 0.3) is 5.91 Å². The largest absolute Gasteiger partial charge is 0.445 e. The maximum absolute atomic E-state index is 13.3. The lowest BCUT2D eigenvalue weighted by Gasteiger charge is -2.41. The van der Waals surface area contributed by atoms with Crippen LogP contribution in [-0.4, -0.2) is 50.8 Å². The lowest BCUT2D eigenvalue weighted by atomic mass is 9.91. The van der Waals surface area contributed by atoms with Crippen molar-refractivity contribution >= 4 is 29.7 Å². The smallest absolute Gasteiger partial charge is 0.408 e. The Kier molecular flexibility index (Phi) is 11.8. The number of likely N-dealkylation sites (tertiary alicyclic amines) is 1. The Morgan fingerprint density at radius 2 is 1.59 bits per heavy atom. The predicted molar refractivity (Wildman–Crippen MR) is 204 cm³/mol. The molecule has 11 heteroatoms. The van der Waals surface area contributed by atoms with Gasteiger partial charge in [-0.2, -0.15) is 0 Å². The lowest BCUT2D eigenvalue weighted by Crippen LogP contribution is -2.41. The SMILES string of the molecule is C[C@@H]1[C@H](CSc2ccccn2)O[C@H](c2ccc(-c3ccccc3CN3C(=O)CC(NC(=O)OCc4ccccc4)C3=O)cc2)O[C@@H]1c1ccc(CO)cc1. The van der Waals surface area contributed by atoms with Gasteiger partial charge >= 0.3 is 6.09 Å². The summed E-state index contributed by atoms with van der Waals surface area (Å²) in [6.45, 7) is 2.23. The van der Waals surface area contributed by atoms with Gasteiger partial charge in [-0.1, -0.05) is 116 Å². The number of amides is 3. The van der Waals surface area contributed by atoms with Gasteiger partial charge in [-0.15, -0.1) is 11.8 Å². The van der Waals surface area contributed by atoms with Crippen molar-refractivity contribution in [2.75, 3.05) is 5.75 Å². The fourth-order valence-electron chi connectivity index (χ4n) is 6.71. The Labute approximate surface area is 318 Å². The van der Waals surface area contributed by atoms with E-state index in [2.05, 4.69) is 17.2 Å². The highest BCUT2D eigenvalue weighted by molar-refractivity contribution is 7.99. The number of aliphatic hydroxyl groups is 1. The van der Waals surface area contributed by atoms with E-state index in [0.717, 1.165) is 44.0 Å². The molecule has 0 saturated carbocycles. The van der Waals surface area contributed by atoms with Crippen LogP contribution in [0.5, 0.6) is 0 Å². The van der Waals surface area contributed by atoms with Crippen molar-refractivity contribution in [3.8, 4) is 11.1 Å². The zero-order chi connectivity index (χ0) is 37.4. The zero-order valence-corrected chi connectivity index (χ0v) is 30.6. The van der Waals surface area contributed by atoms with Crippen LogP contribution >= 0.6 is 11.8 Å². The van der Waals surface area contributed by atoms with Gasteiger partial charge in [0.05, 0.1) is 36.8 Å². The van der Waals surface area contributed by atoms with Crippen LogP contribution in [0.1, 0.15) is 53.6 Å². The number of aromatic nitrogens is 1. The first-order chi connectivity index (χ1) is 26.4. The van der Waals surface area contributed by atoms with Gasteiger partial charge in [0, 0.05) is 23.4 Å². The van der Waals surface area contributed by atoms with Gasteiger partial charge in [0.1, 0.15) is 12.6 Å². The van der Waals surface area contributed by atoms with Crippen molar-refractivity contribution in [3.63, 3.8) is 0 Å². The van der Waals surface area contributed by atoms with E-state index in [-0.39, 0.29) is 50.2 Å². The van der Waals surface area contributed by atoms with Crippen LogP contribution in [0, 0.1) is 5.92 Å². The molecule has 2 fully saturated rings. The van der Waals surface area contributed by atoms with E-state index in [1.54, 1.807) is 18.0 Å². The molecule has 3 amide bonds. The first-order valence-corrected chi connectivity index (χ1v) is 18.9. The number of hydrogen-bond donors (Lipinski definition) is 2. The Hall–Kier alpha value is -5.33. The topological polar surface area (TPSA) is 127 Å². The highest BCUT2D eigenvalue weighted by atomic mass is 32.2. The zero-order valence-electron chi connectivity index (χ0n) is 29.7. The molecule has 2 aliphatic rings. The number of carbonyl (C=O) groups excluding carboxylic acids is 3. The summed E-state index contributed by atoms with van der Waals surface area (Å²) >= 11 is 1.65. The molecule has 7 rings (SSSR count). The molecule has 1 unspecified atom stereocenters. The number of hydrogen-bond acceptors (Lipinski definition) is 9. The minimum Gasteiger partial charge on any atom is -0.445 e. The molecule has 5 aromatic rings. The van der Waals surface area contributed by atoms with Crippen LogP contribution in [0.2, 0.25) is 0 Å². The Balaban J connectivity index is 1.04. The average Bonchev–Trinajstić information content (AvgIpc) is 3.47. The molecule has 10 nitrogen and oxygen atoms in total. The maximum Gasteiger partial charge on any atom is 0.408 e. The third-order valence-electron chi connectivity index (χ3n) is 9.75. The number of imide groups is 1. The van der Waals surface area contributed by atoms with E-state index in [4.69, 9.17) is 14.2 Å². The van der Waals surface area contributed by atoms with Crippen LogP contribution in [0.15, 0.2) is 133 Å². The fraction of sp³-hybridized carbons (Fsp3) is 0.256. The highest BCUT2D eigenvalue weighted by Crippen LogP contribution is 2.43. The summed E-state index contributed by atoms with van der Waals surface area (Å²) in [5, 5.41) is 13.1. The minimum absolute atomic E-state index is 0.0275. The van der Waals surface area contributed by atoms with Crippen molar-refractivity contribution in [3.05, 3.63) is 155 Å². The molecule has 3 heterocycles. The quantitative estimate of drug-likeness (QED) is 0.0995. The van der Waals surface area contributed by atoms with Crippen LogP contribution in [0.3, 0.4) is 0 Å². The summed E-state index contributed by atoms with van der Waals surface area (Å²) in [6.07, 6.45) is -0.122. The van der Waals surface area contributed by atoms with E-state index < -0.39 is 24.3 Å². The normalized spacial score (nSPS) is 21.2. The number of thioether (sulfide) groups is 1. The molecular weight excluding hydrogens is 703 g/mol. The van der Waals surface area contributed by atoms with Crippen molar-refractivity contribution in [1.82, 2.24) is 15.2 Å². The number of nitrogens with one attached hydrogen (secondary N) is 1. The van der Waals surface area contributed by atoms with Crippen LogP contribution in [0.25, 0.3) is 11.1 Å². The first kappa shape index (κ1) is 37.0. The average molecular weight is 744 g/mol. The van der Waals surface area contributed by atoms with Crippen LogP contribution < -0.4 is 5.32 Å². The van der Waals surface area contributed by atoms with E-state index in [0.29, 0.717) is 5.75 Å². The molecule has 0 aliphatic carbocycles. The van der Waals surface area contributed by atoms with Crippen LogP contribution in [0.4, 0.5) is 4.79 Å². The van der Waals surface area contributed by atoms with E-state index >= 15 is 0 Å². The molecule has 0 bridgehead atoms. The van der Waals surface area contributed by atoms with Crippen molar-refractivity contribution in [1.29, 1.82) is 0 Å². The van der Waals surface area contributed by atoms with E-state index in [9.17, 15) is 19.5 Å². The molecule has 0 spiro atoms. The molecule has 5 atom stereocenters. The standard InChI is InChI=1S/C43H41N3O7S/c1-28-37(27-54-38-13-7-8-22-44-38)52-42(53-40(28)32-16-14-29(25-47)15-17-32)33-20-18-31(19-21-33)35-12-6-5-11-34(35)24-46-39(48)23-36(41(46)49)45-43(50)51-26-30-9-3-2-4-10-30/h2-22,28,36-37,40,42,47H,23-27H2,1H3,(H,45,50)/t28-,36?,37+,40+,42+/m1/s1. The molecule has 2 N–H and O–H groups in total. The number of rotatable bonds is 12. The molecule has 276 valence electrons. The van der Waals surface area contributed by atoms with E-state index in [1.165, 1.54) is 4.90 Å². The number of ether oxygens (including phenoxy) is 3. The highest BCUT2D eigenvalue weighted by Gasteiger charge is 2.40. The molecule has 4 aromatic carbocycles. The minimum atomic E-state index is -0.993. The summed E-state index contributed by atoms with van der Waals surface area (Å²) in [4.78, 5) is 44.5. The monoisotopic (exact) mass is 743 g/mol. The maximum atomic E-state index is 13.3. The second kappa shape index (κ2) is 17.2. The molecule has 2 saturated heterocycles. The lowest BCUT2D eigenvalue weighted by molar-refractivity contribution is -0.268. The number of carbonyl (C=O) groups is 3. The Morgan fingerprint density at radius 3 is 2.33 bits per heavy atom.